The molecule has 1 atom stereocenters. The summed E-state index contributed by atoms with van der Waals surface area (Å²) in [5.74, 6) is 0. The summed E-state index contributed by atoms with van der Waals surface area (Å²) in [4.78, 5) is 8.02. The fraction of sp³-hybridized carbons (Fsp3) is 0.231. The van der Waals surface area contributed by atoms with E-state index in [0.29, 0.717) is 5.02 Å². The highest BCUT2D eigenvalue weighted by molar-refractivity contribution is 6.33. The Morgan fingerprint density at radius 2 is 1.94 bits per heavy atom. The van der Waals surface area contributed by atoms with Gasteiger partial charge in [0.15, 0.2) is 0 Å². The largest absolute Gasteiger partial charge is 0.313 e. The number of halogens is 1. The van der Waals surface area contributed by atoms with Crippen LogP contribution >= 0.6 is 11.6 Å². The molecule has 4 heteroatoms. The zero-order valence-corrected chi connectivity index (χ0v) is 10.6. The van der Waals surface area contributed by atoms with Gasteiger partial charge in [-0.3, -0.25) is 0 Å². The third kappa shape index (κ3) is 2.62. The fourth-order valence-corrected chi connectivity index (χ4v) is 1.86. The highest BCUT2D eigenvalue weighted by Crippen LogP contribution is 2.29. The van der Waals surface area contributed by atoms with Gasteiger partial charge in [0, 0.05) is 34.6 Å². The lowest BCUT2D eigenvalue weighted by Gasteiger charge is -2.13. The summed E-state index contributed by atoms with van der Waals surface area (Å²) in [6.07, 6.45) is 5.04. The van der Waals surface area contributed by atoms with Crippen molar-refractivity contribution in [3.63, 3.8) is 0 Å². The SMILES string of the molecule is CNC(C)c1ccc(Cl)c(-c2cncnc2)c1. The summed E-state index contributed by atoms with van der Waals surface area (Å²) in [6, 6.07) is 6.29. The molecule has 17 heavy (non-hydrogen) atoms. The van der Waals surface area contributed by atoms with E-state index in [4.69, 9.17) is 11.6 Å². The van der Waals surface area contributed by atoms with Gasteiger partial charge >= 0.3 is 0 Å². The van der Waals surface area contributed by atoms with Crippen LogP contribution in [0.2, 0.25) is 5.02 Å². The quantitative estimate of drug-likeness (QED) is 0.906. The van der Waals surface area contributed by atoms with Crippen LogP contribution in [-0.2, 0) is 0 Å². The monoisotopic (exact) mass is 247 g/mol. The zero-order valence-electron chi connectivity index (χ0n) is 9.81. The van der Waals surface area contributed by atoms with Gasteiger partial charge < -0.3 is 5.32 Å². The minimum atomic E-state index is 0.288. The van der Waals surface area contributed by atoms with E-state index in [0.717, 1.165) is 11.1 Å². The van der Waals surface area contributed by atoms with Crippen LogP contribution in [0.5, 0.6) is 0 Å². The van der Waals surface area contributed by atoms with Crippen LogP contribution in [0.4, 0.5) is 0 Å². The van der Waals surface area contributed by atoms with E-state index in [1.807, 2.05) is 19.2 Å². The van der Waals surface area contributed by atoms with E-state index in [1.165, 1.54) is 11.9 Å². The molecule has 0 fully saturated rings. The number of aromatic nitrogens is 2. The second-order valence-corrected chi connectivity index (χ2v) is 4.28. The maximum absolute atomic E-state index is 6.20. The molecule has 0 saturated heterocycles. The standard InChI is InChI=1S/C13H14ClN3/c1-9(15-2)10-3-4-13(14)12(5-10)11-6-16-8-17-7-11/h3-9,15H,1-2H3. The molecule has 1 aromatic carbocycles. The first kappa shape index (κ1) is 12.0. The lowest BCUT2D eigenvalue weighted by atomic mass is 10.0. The van der Waals surface area contributed by atoms with Gasteiger partial charge in [0.2, 0.25) is 0 Å². The van der Waals surface area contributed by atoms with Crippen LogP contribution in [0.1, 0.15) is 18.5 Å². The Bertz CT molecular complexity index is 499. The number of nitrogens with one attached hydrogen (secondary N) is 1. The third-order valence-electron chi connectivity index (χ3n) is 2.80. The molecular weight excluding hydrogens is 234 g/mol. The maximum Gasteiger partial charge on any atom is 0.115 e. The molecule has 0 aliphatic carbocycles. The van der Waals surface area contributed by atoms with Crippen LogP contribution in [-0.4, -0.2) is 17.0 Å². The van der Waals surface area contributed by atoms with E-state index in [9.17, 15) is 0 Å². The Kier molecular flexibility index (Phi) is 3.71. The van der Waals surface area contributed by atoms with Gasteiger partial charge in [0.1, 0.15) is 6.33 Å². The van der Waals surface area contributed by atoms with E-state index < -0.39 is 0 Å². The molecule has 0 aliphatic rings. The van der Waals surface area contributed by atoms with Gasteiger partial charge in [0.25, 0.3) is 0 Å². The van der Waals surface area contributed by atoms with Crippen LogP contribution in [0.15, 0.2) is 36.9 Å². The first-order valence-corrected chi connectivity index (χ1v) is 5.82. The van der Waals surface area contributed by atoms with Crippen molar-refractivity contribution in [1.82, 2.24) is 15.3 Å². The first-order chi connectivity index (χ1) is 8.22. The van der Waals surface area contributed by atoms with Gasteiger partial charge in [-0.05, 0) is 31.7 Å². The maximum atomic E-state index is 6.20. The van der Waals surface area contributed by atoms with E-state index in [1.54, 1.807) is 12.4 Å². The normalized spacial score (nSPS) is 12.4. The summed E-state index contributed by atoms with van der Waals surface area (Å²) in [5.41, 5.74) is 3.09. The lowest BCUT2D eigenvalue weighted by Crippen LogP contribution is -2.12. The molecule has 0 saturated carbocycles. The Balaban J connectivity index is 2.47. The molecule has 1 heterocycles. The second-order valence-electron chi connectivity index (χ2n) is 3.88. The molecule has 3 nitrogen and oxygen atoms in total. The zero-order chi connectivity index (χ0) is 12.3. The third-order valence-corrected chi connectivity index (χ3v) is 3.12. The van der Waals surface area contributed by atoms with Crippen molar-refractivity contribution in [1.29, 1.82) is 0 Å². The van der Waals surface area contributed by atoms with Gasteiger partial charge in [0.05, 0.1) is 0 Å². The smallest absolute Gasteiger partial charge is 0.115 e. The topological polar surface area (TPSA) is 37.8 Å². The van der Waals surface area contributed by atoms with Gasteiger partial charge in [-0.25, -0.2) is 9.97 Å². The molecule has 0 spiro atoms. The molecule has 0 radical (unpaired) electrons. The average Bonchev–Trinajstić information content (AvgIpc) is 2.39. The molecule has 0 bridgehead atoms. The van der Waals surface area contributed by atoms with Crippen molar-refractivity contribution in [2.75, 3.05) is 7.05 Å². The Hall–Kier alpha value is -1.45. The lowest BCUT2D eigenvalue weighted by molar-refractivity contribution is 0.652. The summed E-state index contributed by atoms with van der Waals surface area (Å²) in [6.45, 7) is 2.11. The number of rotatable bonds is 3. The molecule has 2 aromatic rings. The Morgan fingerprint density at radius 1 is 1.24 bits per heavy atom. The molecular formula is C13H14ClN3. The number of hydrogen-bond acceptors (Lipinski definition) is 3. The van der Waals surface area contributed by atoms with E-state index in [2.05, 4.69) is 28.3 Å². The molecule has 1 aromatic heterocycles. The van der Waals surface area contributed by atoms with Crippen molar-refractivity contribution < 1.29 is 0 Å². The highest BCUT2D eigenvalue weighted by Gasteiger charge is 2.08. The first-order valence-electron chi connectivity index (χ1n) is 5.44. The number of benzene rings is 1. The Morgan fingerprint density at radius 3 is 2.59 bits per heavy atom. The van der Waals surface area contributed by atoms with Crippen molar-refractivity contribution >= 4 is 11.6 Å². The average molecular weight is 248 g/mol. The fourth-order valence-electron chi connectivity index (χ4n) is 1.64. The molecule has 0 aliphatic heterocycles. The van der Waals surface area contributed by atoms with Gasteiger partial charge in [-0.1, -0.05) is 17.7 Å². The van der Waals surface area contributed by atoms with Crippen molar-refractivity contribution in [3.05, 3.63) is 47.5 Å². The molecule has 0 amide bonds. The summed E-state index contributed by atoms with van der Waals surface area (Å²) >= 11 is 6.20. The van der Waals surface area contributed by atoms with Crippen LogP contribution < -0.4 is 5.32 Å². The molecule has 88 valence electrons. The molecule has 2 rings (SSSR count). The predicted molar refractivity (Wildman–Crippen MR) is 70.0 cm³/mol. The van der Waals surface area contributed by atoms with Crippen molar-refractivity contribution in [2.24, 2.45) is 0 Å². The van der Waals surface area contributed by atoms with E-state index in [-0.39, 0.29) is 6.04 Å². The summed E-state index contributed by atoms with van der Waals surface area (Å²) in [5, 5.41) is 3.92. The van der Waals surface area contributed by atoms with Gasteiger partial charge in [-0.15, -0.1) is 0 Å². The van der Waals surface area contributed by atoms with Crippen LogP contribution in [0, 0.1) is 0 Å². The predicted octanol–water partition coefficient (Wildman–Crippen LogP) is 3.08. The number of nitrogens with zero attached hydrogens (tertiary/aromatic N) is 2. The number of hydrogen-bond donors (Lipinski definition) is 1. The Labute approximate surface area is 106 Å². The minimum absolute atomic E-state index is 0.288. The van der Waals surface area contributed by atoms with E-state index >= 15 is 0 Å². The molecule has 1 unspecified atom stereocenters. The van der Waals surface area contributed by atoms with Crippen LogP contribution in [0.3, 0.4) is 0 Å². The van der Waals surface area contributed by atoms with Gasteiger partial charge in [-0.2, -0.15) is 0 Å². The minimum Gasteiger partial charge on any atom is -0.313 e. The second kappa shape index (κ2) is 5.25. The summed E-state index contributed by atoms with van der Waals surface area (Å²) < 4.78 is 0. The van der Waals surface area contributed by atoms with Crippen LogP contribution in [0.25, 0.3) is 11.1 Å². The molecule has 1 N–H and O–H groups in total. The highest BCUT2D eigenvalue weighted by atomic mass is 35.5. The summed E-state index contributed by atoms with van der Waals surface area (Å²) in [7, 11) is 1.94. The van der Waals surface area contributed by atoms with Crippen molar-refractivity contribution in [3.8, 4) is 11.1 Å². The van der Waals surface area contributed by atoms with Crippen molar-refractivity contribution in [2.45, 2.75) is 13.0 Å².